The van der Waals surface area contributed by atoms with Gasteiger partial charge >= 0.3 is 11.9 Å². The molecule has 0 atom stereocenters. The smallest absolute Gasteiger partial charge is 0.336 e. The Bertz CT molecular complexity index is 820. The highest BCUT2D eigenvalue weighted by Gasteiger charge is 2.38. The van der Waals surface area contributed by atoms with Crippen molar-refractivity contribution in [1.82, 2.24) is 5.32 Å². The maximum atomic E-state index is 12.9. The third-order valence-corrected chi connectivity index (χ3v) is 4.77. The molecule has 0 saturated heterocycles. The molecule has 0 amide bonds. The van der Waals surface area contributed by atoms with Crippen LogP contribution in [0.1, 0.15) is 39.2 Å². The number of hydrogen-bond donors (Lipinski definition) is 1. The van der Waals surface area contributed by atoms with E-state index in [4.69, 9.17) is 23.7 Å². The van der Waals surface area contributed by atoms with E-state index >= 15 is 0 Å². The highest BCUT2D eigenvalue weighted by molar-refractivity contribution is 6.00. The Morgan fingerprint density at radius 3 is 1.60 bits per heavy atom. The van der Waals surface area contributed by atoms with Crippen LogP contribution < -0.4 is 19.5 Å². The monoisotopic (exact) mass is 419 g/mol. The number of ether oxygens (including phenoxy) is 5. The van der Waals surface area contributed by atoms with E-state index in [0.29, 0.717) is 45.4 Å². The molecule has 0 aliphatic carbocycles. The van der Waals surface area contributed by atoms with Crippen molar-refractivity contribution >= 4 is 11.9 Å². The van der Waals surface area contributed by atoms with Crippen LogP contribution in [0.4, 0.5) is 0 Å². The van der Waals surface area contributed by atoms with Gasteiger partial charge in [0, 0.05) is 11.4 Å². The predicted molar refractivity (Wildman–Crippen MR) is 111 cm³/mol. The van der Waals surface area contributed by atoms with Crippen molar-refractivity contribution in [2.75, 3.05) is 34.5 Å². The zero-order valence-corrected chi connectivity index (χ0v) is 18.5. The van der Waals surface area contributed by atoms with Crippen LogP contribution in [0.2, 0.25) is 0 Å². The highest BCUT2D eigenvalue weighted by Crippen LogP contribution is 2.45. The topological polar surface area (TPSA) is 92.3 Å². The number of esters is 2. The average Bonchev–Trinajstić information content (AvgIpc) is 2.72. The van der Waals surface area contributed by atoms with Crippen LogP contribution in [-0.4, -0.2) is 46.5 Å². The van der Waals surface area contributed by atoms with Crippen molar-refractivity contribution in [3.8, 4) is 17.2 Å². The van der Waals surface area contributed by atoms with Crippen molar-refractivity contribution in [3.05, 3.63) is 40.2 Å². The van der Waals surface area contributed by atoms with E-state index in [1.807, 2.05) is 0 Å². The molecule has 0 radical (unpaired) electrons. The zero-order valence-electron chi connectivity index (χ0n) is 18.5. The molecule has 1 aliphatic heterocycles. The largest absolute Gasteiger partial charge is 0.493 e. The third-order valence-electron chi connectivity index (χ3n) is 4.77. The second kappa shape index (κ2) is 10.0. The summed E-state index contributed by atoms with van der Waals surface area (Å²) in [5.41, 5.74) is 2.44. The molecule has 8 nitrogen and oxygen atoms in total. The summed E-state index contributed by atoms with van der Waals surface area (Å²) in [5.74, 6) is -0.544. The summed E-state index contributed by atoms with van der Waals surface area (Å²) in [7, 11) is 4.52. The van der Waals surface area contributed by atoms with Gasteiger partial charge in [-0.15, -0.1) is 0 Å². The molecule has 0 bridgehead atoms. The molecule has 0 aromatic heterocycles. The molecule has 30 heavy (non-hydrogen) atoms. The summed E-state index contributed by atoms with van der Waals surface area (Å²) >= 11 is 0. The maximum absolute atomic E-state index is 12.9. The lowest BCUT2D eigenvalue weighted by Crippen LogP contribution is -2.32. The molecule has 0 saturated carbocycles. The van der Waals surface area contributed by atoms with Crippen molar-refractivity contribution in [2.45, 2.75) is 33.6 Å². The minimum Gasteiger partial charge on any atom is -0.493 e. The van der Waals surface area contributed by atoms with E-state index in [9.17, 15) is 9.59 Å². The predicted octanol–water partition coefficient (Wildman–Crippen LogP) is 3.07. The summed E-state index contributed by atoms with van der Waals surface area (Å²) in [6, 6.07) is 3.44. The normalized spacial score (nSPS) is 14.2. The fraction of sp³-hybridized carbons (Fsp3) is 0.455. The van der Waals surface area contributed by atoms with Crippen molar-refractivity contribution < 1.29 is 33.3 Å². The minimum atomic E-state index is -0.738. The van der Waals surface area contributed by atoms with E-state index in [-0.39, 0.29) is 13.2 Å². The van der Waals surface area contributed by atoms with E-state index in [1.165, 1.54) is 21.3 Å². The fourth-order valence-electron chi connectivity index (χ4n) is 3.55. The second-order valence-electron chi connectivity index (χ2n) is 6.53. The van der Waals surface area contributed by atoms with Gasteiger partial charge < -0.3 is 29.0 Å². The molecular weight excluding hydrogens is 390 g/mol. The Kier molecular flexibility index (Phi) is 7.74. The zero-order chi connectivity index (χ0) is 22.4. The van der Waals surface area contributed by atoms with Gasteiger partial charge in [-0.25, -0.2) is 9.59 Å². The van der Waals surface area contributed by atoms with Crippen LogP contribution in [0.15, 0.2) is 34.7 Å². The molecule has 0 spiro atoms. The molecule has 0 fully saturated rings. The van der Waals surface area contributed by atoms with Gasteiger partial charge in [0.25, 0.3) is 0 Å². The Hall–Kier alpha value is -3.16. The number of nitrogens with one attached hydrogen (secondary N) is 1. The first-order valence-electron chi connectivity index (χ1n) is 9.67. The maximum Gasteiger partial charge on any atom is 0.336 e. The van der Waals surface area contributed by atoms with Gasteiger partial charge in [0.15, 0.2) is 11.5 Å². The minimum absolute atomic E-state index is 0.203. The van der Waals surface area contributed by atoms with E-state index in [2.05, 4.69) is 5.32 Å². The molecule has 1 aliphatic rings. The molecule has 0 unspecified atom stereocenters. The van der Waals surface area contributed by atoms with Gasteiger partial charge in [0.2, 0.25) is 5.75 Å². The molecule has 8 heteroatoms. The summed E-state index contributed by atoms with van der Waals surface area (Å²) < 4.78 is 26.9. The van der Waals surface area contributed by atoms with Crippen LogP contribution in [-0.2, 0) is 19.1 Å². The first kappa shape index (κ1) is 23.1. The summed E-state index contributed by atoms with van der Waals surface area (Å²) in [5, 5.41) is 3.11. The van der Waals surface area contributed by atoms with E-state index in [0.717, 1.165) is 0 Å². The standard InChI is InChI=1S/C22H29NO7/c1-8-29-21(24)17-12(3)23-13(4)18(22(25)30-9-2)19(17)14-10-15(26-5)20(28-7)16(11-14)27-6/h10-11,19,23H,8-9H2,1-7H3. The summed E-state index contributed by atoms with van der Waals surface area (Å²) in [6.45, 7) is 7.40. The van der Waals surface area contributed by atoms with Gasteiger partial charge in [0.05, 0.1) is 51.6 Å². The fourth-order valence-corrected chi connectivity index (χ4v) is 3.55. The first-order chi connectivity index (χ1) is 14.3. The average molecular weight is 419 g/mol. The van der Waals surface area contributed by atoms with Gasteiger partial charge in [-0.05, 0) is 45.4 Å². The highest BCUT2D eigenvalue weighted by atomic mass is 16.5. The number of hydrogen-bond acceptors (Lipinski definition) is 8. The lowest BCUT2D eigenvalue weighted by molar-refractivity contribution is -0.139. The van der Waals surface area contributed by atoms with Crippen molar-refractivity contribution in [3.63, 3.8) is 0 Å². The van der Waals surface area contributed by atoms with Crippen LogP contribution in [0.25, 0.3) is 0 Å². The molecule has 1 N–H and O–H groups in total. The number of carbonyl (C=O) groups is 2. The van der Waals surface area contributed by atoms with Crippen LogP contribution in [0.5, 0.6) is 17.2 Å². The molecule has 1 heterocycles. The lowest BCUT2D eigenvalue weighted by Gasteiger charge is -2.31. The Morgan fingerprint density at radius 1 is 0.833 bits per heavy atom. The third kappa shape index (κ3) is 4.37. The van der Waals surface area contributed by atoms with Crippen LogP contribution in [0, 0.1) is 0 Å². The van der Waals surface area contributed by atoms with E-state index in [1.54, 1.807) is 39.8 Å². The molecule has 1 aromatic carbocycles. The Morgan fingerprint density at radius 2 is 1.27 bits per heavy atom. The van der Waals surface area contributed by atoms with Gasteiger partial charge in [-0.2, -0.15) is 0 Å². The molecule has 164 valence electrons. The Labute approximate surface area is 176 Å². The number of methoxy groups -OCH3 is 3. The Balaban J connectivity index is 2.79. The number of allylic oxidation sites excluding steroid dienone is 2. The number of rotatable bonds is 8. The first-order valence-corrected chi connectivity index (χ1v) is 9.67. The van der Waals surface area contributed by atoms with Gasteiger partial charge in [-0.3, -0.25) is 0 Å². The summed E-state index contributed by atoms with van der Waals surface area (Å²) in [4.78, 5) is 25.8. The lowest BCUT2D eigenvalue weighted by atomic mass is 9.80. The number of benzene rings is 1. The summed E-state index contributed by atoms with van der Waals surface area (Å²) in [6.07, 6.45) is 0. The van der Waals surface area contributed by atoms with E-state index < -0.39 is 17.9 Å². The second-order valence-corrected chi connectivity index (χ2v) is 6.53. The van der Waals surface area contributed by atoms with Crippen LogP contribution >= 0.6 is 0 Å². The molecule has 1 aromatic rings. The van der Waals surface area contributed by atoms with Gasteiger partial charge in [-0.1, -0.05) is 0 Å². The number of dihydropyridines is 1. The SMILES string of the molecule is CCOC(=O)C1=C(C)NC(C)=C(C(=O)OCC)C1c1cc(OC)c(OC)c(OC)c1. The van der Waals surface area contributed by atoms with Crippen molar-refractivity contribution in [2.24, 2.45) is 0 Å². The van der Waals surface area contributed by atoms with Gasteiger partial charge in [0.1, 0.15) is 0 Å². The quantitative estimate of drug-likeness (QED) is 0.643. The molecular formula is C22H29NO7. The van der Waals surface area contributed by atoms with Crippen molar-refractivity contribution in [1.29, 1.82) is 0 Å². The molecule has 2 rings (SSSR count). The van der Waals surface area contributed by atoms with Crippen LogP contribution in [0.3, 0.4) is 0 Å². The number of carbonyl (C=O) groups excluding carboxylic acids is 2.